The molecule has 25 heavy (non-hydrogen) atoms. The van der Waals surface area contributed by atoms with Gasteiger partial charge >= 0.3 is 0 Å². The maximum absolute atomic E-state index is 12.8. The number of carbonyl (C=O) groups excluding carboxylic acids is 1. The number of aromatic nitrogens is 2. The average molecular weight is 374 g/mol. The summed E-state index contributed by atoms with van der Waals surface area (Å²) in [5.74, 6) is -0.0545. The van der Waals surface area contributed by atoms with Crippen LogP contribution in [-0.4, -0.2) is 26.9 Å². The molecule has 5 nitrogen and oxygen atoms in total. The first kappa shape index (κ1) is 16.3. The summed E-state index contributed by atoms with van der Waals surface area (Å²) in [5.41, 5.74) is 0.337. The van der Waals surface area contributed by atoms with Crippen LogP contribution in [0.25, 0.3) is 10.9 Å². The van der Waals surface area contributed by atoms with Gasteiger partial charge < -0.3 is 4.90 Å². The zero-order valence-electron chi connectivity index (χ0n) is 13.4. The number of rotatable bonds is 3. The Morgan fingerprint density at radius 2 is 2.24 bits per heavy atom. The van der Waals surface area contributed by atoms with E-state index in [4.69, 9.17) is 11.6 Å². The van der Waals surface area contributed by atoms with Crippen molar-refractivity contribution in [1.29, 1.82) is 0 Å². The molecule has 2 aromatic heterocycles. The monoisotopic (exact) mass is 373 g/mol. The maximum atomic E-state index is 12.8. The second-order valence-corrected chi connectivity index (χ2v) is 7.52. The Bertz CT molecular complexity index is 984. The minimum absolute atomic E-state index is 0.00381. The third kappa shape index (κ3) is 3.07. The van der Waals surface area contributed by atoms with Crippen molar-refractivity contribution in [2.75, 3.05) is 6.54 Å². The Morgan fingerprint density at radius 3 is 3.04 bits per heavy atom. The molecule has 1 atom stereocenters. The number of carbonyl (C=O) groups is 1. The van der Waals surface area contributed by atoms with E-state index in [1.807, 2.05) is 16.3 Å². The quantitative estimate of drug-likeness (QED) is 0.706. The number of benzene rings is 1. The summed E-state index contributed by atoms with van der Waals surface area (Å²) in [6.07, 6.45) is 3.38. The fraction of sp³-hybridized carbons (Fsp3) is 0.278. The molecule has 0 bridgehead atoms. The van der Waals surface area contributed by atoms with Gasteiger partial charge in [-0.3, -0.25) is 14.2 Å². The van der Waals surface area contributed by atoms with E-state index >= 15 is 0 Å². The summed E-state index contributed by atoms with van der Waals surface area (Å²) in [6, 6.07) is 9.18. The summed E-state index contributed by atoms with van der Waals surface area (Å²) in [5, 5.41) is 2.93. The van der Waals surface area contributed by atoms with Crippen LogP contribution in [0.5, 0.6) is 0 Å². The van der Waals surface area contributed by atoms with Crippen molar-refractivity contribution < 1.29 is 4.79 Å². The highest BCUT2D eigenvalue weighted by molar-refractivity contribution is 7.10. The Balaban J connectivity index is 1.61. The van der Waals surface area contributed by atoms with Crippen LogP contribution in [-0.2, 0) is 11.3 Å². The molecule has 0 aliphatic carbocycles. The van der Waals surface area contributed by atoms with E-state index in [0.717, 1.165) is 19.4 Å². The highest BCUT2D eigenvalue weighted by atomic mass is 35.5. The summed E-state index contributed by atoms with van der Waals surface area (Å²) in [4.78, 5) is 32.8. The van der Waals surface area contributed by atoms with Crippen molar-refractivity contribution in [3.63, 3.8) is 0 Å². The van der Waals surface area contributed by atoms with Gasteiger partial charge in [-0.05, 0) is 42.5 Å². The number of hydrogen-bond donors (Lipinski definition) is 0. The summed E-state index contributed by atoms with van der Waals surface area (Å²) >= 11 is 7.64. The molecule has 0 saturated carbocycles. The van der Waals surface area contributed by atoms with Crippen molar-refractivity contribution in [1.82, 2.24) is 14.5 Å². The Labute approximate surface area is 153 Å². The summed E-state index contributed by atoms with van der Waals surface area (Å²) in [6.45, 7) is 0.721. The number of likely N-dealkylation sites (tertiary alicyclic amines) is 1. The first-order chi connectivity index (χ1) is 12.1. The number of halogens is 1. The molecule has 1 unspecified atom stereocenters. The molecule has 1 saturated heterocycles. The fourth-order valence-electron chi connectivity index (χ4n) is 3.32. The van der Waals surface area contributed by atoms with Crippen LogP contribution >= 0.6 is 22.9 Å². The van der Waals surface area contributed by atoms with Gasteiger partial charge in [0.1, 0.15) is 6.54 Å². The van der Waals surface area contributed by atoms with E-state index in [0.29, 0.717) is 15.9 Å². The predicted octanol–water partition coefficient (Wildman–Crippen LogP) is 3.48. The lowest BCUT2D eigenvalue weighted by Gasteiger charge is -2.24. The summed E-state index contributed by atoms with van der Waals surface area (Å²) in [7, 11) is 0. The molecule has 0 radical (unpaired) electrons. The molecule has 3 aromatic rings. The Hall–Kier alpha value is -2.18. The van der Waals surface area contributed by atoms with E-state index in [-0.39, 0.29) is 24.1 Å². The van der Waals surface area contributed by atoms with Gasteiger partial charge in [0.25, 0.3) is 5.56 Å². The minimum Gasteiger partial charge on any atom is -0.333 e. The molecular formula is C18H16ClN3O2S. The molecular weight excluding hydrogens is 358 g/mol. The smallest absolute Gasteiger partial charge is 0.261 e. The van der Waals surface area contributed by atoms with E-state index < -0.39 is 0 Å². The van der Waals surface area contributed by atoms with Crippen molar-refractivity contribution in [3.05, 3.63) is 62.3 Å². The van der Waals surface area contributed by atoms with E-state index in [9.17, 15) is 9.59 Å². The van der Waals surface area contributed by atoms with E-state index in [2.05, 4.69) is 11.1 Å². The van der Waals surface area contributed by atoms with Crippen LogP contribution in [0.1, 0.15) is 23.8 Å². The number of thiophene rings is 1. The van der Waals surface area contributed by atoms with Crippen LogP contribution < -0.4 is 5.56 Å². The number of nitrogens with zero attached hydrogens (tertiary/aromatic N) is 3. The van der Waals surface area contributed by atoms with Gasteiger partial charge in [0.15, 0.2) is 0 Å². The number of hydrogen-bond acceptors (Lipinski definition) is 4. The largest absolute Gasteiger partial charge is 0.333 e. The molecule has 0 spiro atoms. The molecule has 0 N–H and O–H groups in total. The normalized spacial score (nSPS) is 17.3. The molecule has 4 rings (SSSR count). The maximum Gasteiger partial charge on any atom is 0.261 e. The van der Waals surface area contributed by atoms with E-state index in [1.165, 1.54) is 15.8 Å². The highest BCUT2D eigenvalue weighted by Crippen LogP contribution is 2.34. The van der Waals surface area contributed by atoms with Crippen molar-refractivity contribution in [2.24, 2.45) is 0 Å². The predicted molar refractivity (Wildman–Crippen MR) is 99.0 cm³/mol. The SMILES string of the molecule is O=C(Cn1cnc2ccc(Cl)cc2c1=O)N1CCCC1c1cccs1. The standard InChI is InChI=1S/C18H16ClN3O2S/c19-12-5-6-14-13(9-12)18(24)21(11-20-14)10-17(23)22-7-1-3-15(22)16-4-2-8-25-16/h2,4-6,8-9,11,15H,1,3,7,10H2. The van der Waals surface area contributed by atoms with Gasteiger partial charge in [-0.1, -0.05) is 17.7 Å². The van der Waals surface area contributed by atoms with Crippen molar-refractivity contribution in [3.8, 4) is 0 Å². The van der Waals surface area contributed by atoms with Gasteiger partial charge in [-0.2, -0.15) is 0 Å². The molecule has 1 fully saturated rings. The van der Waals surface area contributed by atoms with Crippen LogP contribution in [0.2, 0.25) is 5.02 Å². The first-order valence-corrected chi connectivity index (χ1v) is 9.37. The van der Waals surface area contributed by atoms with Gasteiger partial charge in [0.2, 0.25) is 5.91 Å². The van der Waals surface area contributed by atoms with E-state index in [1.54, 1.807) is 29.5 Å². The van der Waals surface area contributed by atoms with Crippen molar-refractivity contribution >= 4 is 39.7 Å². The minimum atomic E-state index is -0.243. The average Bonchev–Trinajstić information content (AvgIpc) is 3.28. The van der Waals surface area contributed by atoms with Crippen LogP contribution in [0.4, 0.5) is 0 Å². The molecule has 128 valence electrons. The van der Waals surface area contributed by atoms with Crippen LogP contribution in [0.15, 0.2) is 46.8 Å². The lowest BCUT2D eigenvalue weighted by Crippen LogP contribution is -2.36. The molecule has 1 aliphatic heterocycles. The Morgan fingerprint density at radius 1 is 1.36 bits per heavy atom. The van der Waals surface area contributed by atoms with Gasteiger partial charge in [-0.15, -0.1) is 11.3 Å². The van der Waals surface area contributed by atoms with Crippen LogP contribution in [0, 0.1) is 0 Å². The fourth-order valence-corrected chi connectivity index (χ4v) is 4.37. The summed E-state index contributed by atoms with van der Waals surface area (Å²) < 4.78 is 1.37. The van der Waals surface area contributed by atoms with Gasteiger partial charge in [0.05, 0.1) is 23.3 Å². The third-order valence-electron chi connectivity index (χ3n) is 4.54. The van der Waals surface area contributed by atoms with Crippen LogP contribution in [0.3, 0.4) is 0 Å². The number of amides is 1. The molecule has 3 heterocycles. The molecule has 1 amide bonds. The molecule has 7 heteroatoms. The van der Waals surface area contributed by atoms with Gasteiger partial charge in [0, 0.05) is 16.4 Å². The second-order valence-electron chi connectivity index (χ2n) is 6.10. The zero-order valence-corrected chi connectivity index (χ0v) is 15.0. The first-order valence-electron chi connectivity index (χ1n) is 8.11. The molecule has 1 aliphatic rings. The van der Waals surface area contributed by atoms with Gasteiger partial charge in [-0.25, -0.2) is 4.98 Å². The lowest BCUT2D eigenvalue weighted by molar-refractivity contribution is -0.132. The highest BCUT2D eigenvalue weighted by Gasteiger charge is 2.30. The second kappa shape index (κ2) is 6.61. The third-order valence-corrected chi connectivity index (χ3v) is 5.75. The lowest BCUT2D eigenvalue weighted by atomic mass is 10.2. The topological polar surface area (TPSA) is 55.2 Å². The van der Waals surface area contributed by atoms with Crippen molar-refractivity contribution in [2.45, 2.75) is 25.4 Å². The number of fused-ring (bicyclic) bond motifs is 1. The molecule has 1 aromatic carbocycles. The Kier molecular flexibility index (Phi) is 4.31. The zero-order chi connectivity index (χ0) is 17.4.